The zero-order valence-electron chi connectivity index (χ0n) is 19.6. The van der Waals surface area contributed by atoms with Gasteiger partial charge >= 0.3 is 24.6 Å². The number of anilines is 2. The molecule has 0 aromatic heterocycles. The molecule has 3 aromatic carbocycles. The van der Waals surface area contributed by atoms with Crippen LogP contribution in [-0.4, -0.2) is 35.9 Å². The molecule has 3 rings (SSSR count). The van der Waals surface area contributed by atoms with Crippen LogP contribution in [0.5, 0.6) is 11.5 Å². The van der Waals surface area contributed by atoms with E-state index in [4.69, 9.17) is 11.6 Å². The zero-order chi connectivity index (χ0) is 30.9. The highest BCUT2D eigenvalue weighted by molar-refractivity contribution is 6.34. The molecule has 2 amide bonds. The SMILES string of the molecule is O=C(Nc1cccc(C(=O)Nc2c(O)cc(C(F)(C(F)(F)F)C(F)(F)F)cc2OC(F)F)c1F)c1ccccc1Cl. The molecule has 0 unspecified atom stereocenters. The predicted molar refractivity (Wildman–Crippen MR) is 123 cm³/mol. The van der Waals surface area contributed by atoms with Crippen LogP contribution in [-0.2, 0) is 5.67 Å². The zero-order valence-corrected chi connectivity index (χ0v) is 20.4. The highest BCUT2D eigenvalue weighted by Gasteiger charge is 2.73. The minimum atomic E-state index is -6.68. The van der Waals surface area contributed by atoms with Gasteiger partial charge in [-0.2, -0.15) is 35.1 Å². The molecule has 6 nitrogen and oxygen atoms in total. The molecule has 0 spiro atoms. The Morgan fingerprint density at radius 3 is 1.95 bits per heavy atom. The van der Waals surface area contributed by atoms with Gasteiger partial charge in [0, 0.05) is 5.56 Å². The number of hydrogen-bond acceptors (Lipinski definition) is 4. The van der Waals surface area contributed by atoms with Crippen molar-refractivity contribution in [3.63, 3.8) is 0 Å². The van der Waals surface area contributed by atoms with E-state index in [1.807, 2.05) is 0 Å². The lowest BCUT2D eigenvalue weighted by atomic mass is 9.93. The molecule has 0 heterocycles. The molecule has 0 aliphatic rings. The quantitative estimate of drug-likeness (QED) is 0.188. The van der Waals surface area contributed by atoms with Gasteiger partial charge in [-0.25, -0.2) is 8.78 Å². The number of phenolic OH excluding ortho intramolecular Hbond substituents is 1. The summed E-state index contributed by atoms with van der Waals surface area (Å²) in [6, 6.07) is 7.50. The van der Waals surface area contributed by atoms with Crippen molar-refractivity contribution in [1.82, 2.24) is 0 Å². The number of rotatable bonds is 7. The van der Waals surface area contributed by atoms with Gasteiger partial charge in [0.1, 0.15) is 11.4 Å². The smallest absolute Gasteiger partial charge is 0.435 e. The largest absolute Gasteiger partial charge is 0.506 e. The third-order valence-electron chi connectivity index (χ3n) is 5.32. The minimum absolute atomic E-state index is 0.0156. The van der Waals surface area contributed by atoms with Crippen molar-refractivity contribution < 1.29 is 63.3 Å². The average Bonchev–Trinajstić information content (AvgIpc) is 2.85. The van der Waals surface area contributed by atoms with E-state index in [9.17, 15) is 54.2 Å². The van der Waals surface area contributed by atoms with E-state index in [0.717, 1.165) is 18.2 Å². The summed E-state index contributed by atoms with van der Waals surface area (Å²) in [6.07, 6.45) is -13.4. The Kier molecular flexibility index (Phi) is 8.67. The Balaban J connectivity index is 2.02. The summed E-state index contributed by atoms with van der Waals surface area (Å²) in [5, 5.41) is 13.8. The fourth-order valence-electron chi connectivity index (χ4n) is 3.42. The lowest BCUT2D eigenvalue weighted by molar-refractivity contribution is -0.348. The van der Waals surface area contributed by atoms with Crippen LogP contribution < -0.4 is 15.4 Å². The first-order chi connectivity index (χ1) is 18.9. The van der Waals surface area contributed by atoms with Gasteiger partial charge in [0.05, 0.1) is 21.8 Å². The fourth-order valence-corrected chi connectivity index (χ4v) is 3.64. The Bertz CT molecular complexity index is 1460. The third kappa shape index (κ3) is 6.26. The van der Waals surface area contributed by atoms with E-state index < -0.39 is 88.4 Å². The summed E-state index contributed by atoms with van der Waals surface area (Å²) >= 11 is 5.90. The second-order valence-corrected chi connectivity index (χ2v) is 8.36. The van der Waals surface area contributed by atoms with E-state index in [2.05, 4.69) is 10.1 Å². The lowest BCUT2D eigenvalue weighted by Crippen LogP contribution is -2.50. The normalized spacial score (nSPS) is 12.3. The number of phenols is 1. The van der Waals surface area contributed by atoms with Crippen LogP contribution in [0.4, 0.5) is 55.3 Å². The van der Waals surface area contributed by atoms with Crippen LogP contribution >= 0.6 is 11.6 Å². The number of carbonyl (C=O) groups excluding carboxylic acids is 2. The molecule has 17 heteroatoms. The van der Waals surface area contributed by atoms with Gasteiger partial charge in [-0.05, 0) is 36.4 Å². The van der Waals surface area contributed by atoms with Crippen molar-refractivity contribution in [2.75, 3.05) is 10.6 Å². The predicted octanol–water partition coefficient (Wildman–Crippen LogP) is 7.58. The van der Waals surface area contributed by atoms with E-state index in [0.29, 0.717) is 0 Å². The maximum absolute atomic E-state index is 15.1. The summed E-state index contributed by atoms with van der Waals surface area (Å²) < 4.78 is 138. The van der Waals surface area contributed by atoms with Crippen molar-refractivity contribution in [2.45, 2.75) is 24.6 Å². The van der Waals surface area contributed by atoms with Crippen LogP contribution in [0.2, 0.25) is 5.02 Å². The maximum Gasteiger partial charge on any atom is 0.435 e. The average molecular weight is 619 g/mol. The summed E-state index contributed by atoms with van der Waals surface area (Å²) in [5.74, 6) is -7.45. The van der Waals surface area contributed by atoms with E-state index in [1.165, 1.54) is 24.3 Å². The highest BCUT2D eigenvalue weighted by atomic mass is 35.5. The first-order valence-electron chi connectivity index (χ1n) is 10.7. The summed E-state index contributed by atoms with van der Waals surface area (Å²) in [4.78, 5) is 25.1. The Morgan fingerprint density at radius 1 is 0.829 bits per heavy atom. The minimum Gasteiger partial charge on any atom is -0.506 e. The molecule has 0 saturated heterocycles. The second-order valence-electron chi connectivity index (χ2n) is 7.96. The van der Waals surface area contributed by atoms with Gasteiger partial charge in [-0.3, -0.25) is 9.59 Å². The van der Waals surface area contributed by atoms with Crippen LogP contribution in [0.1, 0.15) is 26.3 Å². The maximum atomic E-state index is 15.1. The molecule has 0 bridgehead atoms. The number of alkyl halides is 9. The Labute approximate surface area is 227 Å². The number of benzene rings is 3. The van der Waals surface area contributed by atoms with E-state index in [-0.39, 0.29) is 10.6 Å². The Morgan fingerprint density at radius 2 is 1.39 bits per heavy atom. The van der Waals surface area contributed by atoms with Crippen LogP contribution in [0, 0.1) is 5.82 Å². The number of hydrogen-bond donors (Lipinski definition) is 3. The van der Waals surface area contributed by atoms with Crippen LogP contribution in [0.15, 0.2) is 54.6 Å². The Hall–Kier alpha value is -4.21. The number of aromatic hydroxyl groups is 1. The van der Waals surface area contributed by atoms with E-state index in [1.54, 1.807) is 5.32 Å². The molecular weight excluding hydrogens is 606 g/mol. The second kappa shape index (κ2) is 11.3. The van der Waals surface area contributed by atoms with Crippen molar-refractivity contribution in [3.05, 3.63) is 82.1 Å². The molecule has 0 atom stereocenters. The number of carbonyl (C=O) groups is 2. The van der Waals surface area contributed by atoms with Gasteiger partial charge < -0.3 is 20.5 Å². The standard InChI is InChI=1S/C24H13ClF10N2O4/c25-13-6-2-1-4-11(13)19(39)36-14-7-3-5-12(17(14)26)20(40)37-18-15(38)8-10(9-16(18)41-21(27)28)22(29,23(30,31)32)24(33,34)35/h1-9,21,38H,(H,36,39)(H,37,40). The monoisotopic (exact) mass is 618 g/mol. The molecular formula is C24H13ClF10N2O4. The molecule has 0 aliphatic carbocycles. The molecule has 3 N–H and O–H groups in total. The van der Waals surface area contributed by atoms with Crippen LogP contribution in [0.3, 0.4) is 0 Å². The molecule has 0 saturated carbocycles. The van der Waals surface area contributed by atoms with Crippen molar-refractivity contribution >= 4 is 34.8 Å². The molecule has 0 fully saturated rings. The lowest BCUT2D eigenvalue weighted by Gasteiger charge is -2.31. The van der Waals surface area contributed by atoms with Gasteiger partial charge in [0.2, 0.25) is 0 Å². The fraction of sp³-hybridized carbons (Fsp3) is 0.167. The van der Waals surface area contributed by atoms with Crippen molar-refractivity contribution in [1.29, 1.82) is 0 Å². The number of ether oxygens (including phenoxy) is 1. The van der Waals surface area contributed by atoms with E-state index >= 15 is 4.39 Å². The molecule has 3 aromatic rings. The highest BCUT2D eigenvalue weighted by Crippen LogP contribution is 2.55. The van der Waals surface area contributed by atoms with Crippen molar-refractivity contribution in [2.24, 2.45) is 0 Å². The first-order valence-corrected chi connectivity index (χ1v) is 11.1. The van der Waals surface area contributed by atoms with Crippen LogP contribution in [0.25, 0.3) is 0 Å². The third-order valence-corrected chi connectivity index (χ3v) is 5.65. The number of halogens is 11. The van der Waals surface area contributed by atoms with Gasteiger partial charge in [-0.1, -0.05) is 29.8 Å². The molecule has 220 valence electrons. The first kappa shape index (κ1) is 31.3. The topological polar surface area (TPSA) is 87.7 Å². The molecule has 0 aliphatic heterocycles. The summed E-state index contributed by atoms with van der Waals surface area (Å²) in [7, 11) is 0. The number of amides is 2. The summed E-state index contributed by atoms with van der Waals surface area (Å²) in [5.41, 5.74) is -11.6. The molecule has 0 radical (unpaired) electrons. The molecule has 41 heavy (non-hydrogen) atoms. The van der Waals surface area contributed by atoms with Gasteiger partial charge in [0.25, 0.3) is 11.8 Å². The summed E-state index contributed by atoms with van der Waals surface area (Å²) in [6.45, 7) is -3.95. The number of nitrogens with one attached hydrogen (secondary N) is 2. The van der Waals surface area contributed by atoms with Gasteiger partial charge in [-0.15, -0.1) is 0 Å². The van der Waals surface area contributed by atoms with Gasteiger partial charge in [0.15, 0.2) is 11.6 Å². The van der Waals surface area contributed by atoms with Crippen molar-refractivity contribution in [3.8, 4) is 11.5 Å².